The molecule has 1 unspecified atom stereocenters. The van der Waals surface area contributed by atoms with Crippen LogP contribution in [0.1, 0.15) is 35.9 Å². The van der Waals surface area contributed by atoms with Crippen LogP contribution in [0.3, 0.4) is 0 Å². The van der Waals surface area contributed by atoms with Crippen molar-refractivity contribution in [2.75, 3.05) is 0 Å². The number of aryl methyl sites for hydroxylation is 4. The van der Waals surface area contributed by atoms with Gasteiger partial charge in [-0.05, 0) is 51.3 Å². The van der Waals surface area contributed by atoms with Gasteiger partial charge in [0, 0.05) is 24.3 Å². The Labute approximate surface area is 131 Å². The number of hydrogen-bond donors (Lipinski definition) is 1. The maximum Gasteiger partial charge on any atom is 0.103 e. The topological polar surface area (TPSA) is 56.7 Å². The van der Waals surface area contributed by atoms with Crippen LogP contribution in [0.25, 0.3) is 0 Å². The van der Waals surface area contributed by atoms with Crippen molar-refractivity contribution in [2.24, 2.45) is 12.8 Å². The molecule has 2 aromatic heterocycles. The van der Waals surface area contributed by atoms with Crippen molar-refractivity contribution in [1.29, 1.82) is 0 Å². The Morgan fingerprint density at radius 3 is 2.62 bits per heavy atom. The lowest BCUT2D eigenvalue weighted by atomic mass is 10.1. The fourth-order valence-electron chi connectivity index (χ4n) is 2.41. The Hall–Kier alpha value is -1.33. The van der Waals surface area contributed by atoms with Gasteiger partial charge in [-0.2, -0.15) is 5.10 Å². The molecule has 0 saturated carbocycles. The van der Waals surface area contributed by atoms with Crippen molar-refractivity contribution in [3.05, 3.63) is 34.6 Å². The summed E-state index contributed by atoms with van der Waals surface area (Å²) in [5.41, 5.74) is 10.7. The van der Waals surface area contributed by atoms with Crippen molar-refractivity contribution in [3.8, 4) is 0 Å². The third kappa shape index (κ3) is 3.86. The van der Waals surface area contributed by atoms with Crippen molar-refractivity contribution >= 4 is 11.8 Å². The third-order valence-corrected chi connectivity index (χ3v) is 4.68. The molecule has 2 rings (SSSR count). The molecule has 0 aliphatic carbocycles. The first-order chi connectivity index (χ1) is 9.90. The van der Waals surface area contributed by atoms with Crippen LogP contribution < -0.4 is 5.73 Å². The van der Waals surface area contributed by atoms with Crippen molar-refractivity contribution in [2.45, 2.75) is 56.6 Å². The molecule has 21 heavy (non-hydrogen) atoms. The highest BCUT2D eigenvalue weighted by molar-refractivity contribution is 7.99. The summed E-state index contributed by atoms with van der Waals surface area (Å²) in [4.78, 5) is 4.61. The Bertz CT molecular complexity index is 613. The van der Waals surface area contributed by atoms with Gasteiger partial charge < -0.3 is 5.73 Å². The van der Waals surface area contributed by atoms with Crippen molar-refractivity contribution in [1.82, 2.24) is 14.8 Å². The second-order valence-electron chi connectivity index (χ2n) is 5.59. The second-order valence-corrected chi connectivity index (χ2v) is 6.60. The number of nitrogens with two attached hydrogens (primary N) is 1. The average Bonchev–Trinajstić information content (AvgIpc) is 2.64. The van der Waals surface area contributed by atoms with E-state index in [1.165, 1.54) is 11.1 Å². The molecule has 2 N–H and O–H groups in total. The molecule has 0 aliphatic rings. The highest BCUT2D eigenvalue weighted by Crippen LogP contribution is 2.32. The van der Waals surface area contributed by atoms with E-state index >= 15 is 0 Å². The lowest BCUT2D eigenvalue weighted by Gasteiger charge is -2.11. The zero-order valence-corrected chi connectivity index (χ0v) is 14.3. The number of hydrogen-bond acceptors (Lipinski definition) is 4. The summed E-state index contributed by atoms with van der Waals surface area (Å²) in [5.74, 6) is 0. The molecule has 2 aromatic rings. The second kappa shape index (κ2) is 6.62. The summed E-state index contributed by atoms with van der Waals surface area (Å²) >= 11 is 1.68. The van der Waals surface area contributed by atoms with Gasteiger partial charge in [-0.3, -0.25) is 4.68 Å². The van der Waals surface area contributed by atoms with Crippen LogP contribution in [0.2, 0.25) is 0 Å². The van der Waals surface area contributed by atoms with E-state index in [4.69, 9.17) is 5.73 Å². The van der Waals surface area contributed by atoms with Crippen LogP contribution >= 0.6 is 11.8 Å². The number of aromatic nitrogens is 3. The Morgan fingerprint density at radius 1 is 1.29 bits per heavy atom. The first-order valence-electron chi connectivity index (χ1n) is 7.32. The molecule has 0 saturated heterocycles. The molecular weight excluding hydrogens is 280 g/mol. The van der Waals surface area contributed by atoms with Crippen LogP contribution in [0.4, 0.5) is 0 Å². The van der Waals surface area contributed by atoms with Crippen molar-refractivity contribution < 1.29 is 0 Å². The Kier molecular flexibility index (Phi) is 5.06. The van der Waals surface area contributed by atoms with Crippen LogP contribution in [-0.4, -0.2) is 20.8 Å². The predicted molar refractivity (Wildman–Crippen MR) is 87.7 cm³/mol. The highest BCUT2D eigenvalue weighted by atomic mass is 32.2. The maximum atomic E-state index is 6.13. The van der Waals surface area contributed by atoms with Crippen LogP contribution in [0.5, 0.6) is 0 Å². The molecule has 0 aromatic carbocycles. The minimum atomic E-state index is 0.180. The predicted octanol–water partition coefficient (Wildman–Crippen LogP) is 3.17. The van der Waals surface area contributed by atoms with Crippen LogP contribution in [0.15, 0.2) is 22.2 Å². The van der Waals surface area contributed by atoms with Gasteiger partial charge in [-0.15, -0.1) is 0 Å². The van der Waals surface area contributed by atoms with Gasteiger partial charge in [0.1, 0.15) is 10.1 Å². The van der Waals surface area contributed by atoms with E-state index in [-0.39, 0.29) is 6.04 Å². The van der Waals surface area contributed by atoms with E-state index in [0.29, 0.717) is 0 Å². The highest BCUT2D eigenvalue weighted by Gasteiger charge is 2.17. The number of rotatable bonds is 5. The standard InChI is InChI=1S/C16H24N4S/c1-6-13(17)9-14-12(4)19-20(5)16(14)21-15-8-10(2)7-11(3)18-15/h7-8,13H,6,9,17H2,1-5H3. The molecule has 4 nitrogen and oxygen atoms in total. The minimum absolute atomic E-state index is 0.180. The van der Waals surface area contributed by atoms with E-state index in [0.717, 1.165) is 34.3 Å². The van der Waals surface area contributed by atoms with E-state index < -0.39 is 0 Å². The summed E-state index contributed by atoms with van der Waals surface area (Å²) in [7, 11) is 1.99. The summed E-state index contributed by atoms with van der Waals surface area (Å²) in [6.07, 6.45) is 1.84. The van der Waals surface area contributed by atoms with Crippen LogP contribution in [-0.2, 0) is 13.5 Å². The first-order valence-corrected chi connectivity index (χ1v) is 8.13. The van der Waals surface area contributed by atoms with Gasteiger partial charge in [0.2, 0.25) is 0 Å². The van der Waals surface area contributed by atoms with Gasteiger partial charge in [-0.1, -0.05) is 18.7 Å². The minimum Gasteiger partial charge on any atom is -0.327 e. The molecule has 0 bridgehead atoms. The van der Waals surface area contributed by atoms with Gasteiger partial charge >= 0.3 is 0 Å². The SMILES string of the molecule is CCC(N)Cc1c(C)nn(C)c1Sc1cc(C)cc(C)n1. The molecule has 0 fully saturated rings. The van der Waals surface area contributed by atoms with Gasteiger partial charge in [-0.25, -0.2) is 4.98 Å². The third-order valence-electron chi connectivity index (χ3n) is 3.55. The van der Waals surface area contributed by atoms with Crippen molar-refractivity contribution in [3.63, 3.8) is 0 Å². The molecule has 114 valence electrons. The summed E-state index contributed by atoms with van der Waals surface area (Å²) in [6, 6.07) is 4.38. The first kappa shape index (κ1) is 16.0. The molecule has 1 atom stereocenters. The molecule has 0 amide bonds. The summed E-state index contributed by atoms with van der Waals surface area (Å²) in [5, 5.41) is 6.71. The summed E-state index contributed by atoms with van der Waals surface area (Å²) < 4.78 is 1.94. The van der Waals surface area contributed by atoms with E-state index in [1.807, 2.05) is 18.7 Å². The zero-order valence-electron chi connectivity index (χ0n) is 13.5. The monoisotopic (exact) mass is 304 g/mol. The normalized spacial score (nSPS) is 12.7. The molecular formula is C16H24N4S. The van der Waals surface area contributed by atoms with E-state index in [9.17, 15) is 0 Å². The quantitative estimate of drug-likeness (QED) is 0.922. The lowest BCUT2D eigenvalue weighted by Crippen LogP contribution is -2.21. The Morgan fingerprint density at radius 2 is 2.00 bits per heavy atom. The largest absolute Gasteiger partial charge is 0.327 e. The summed E-state index contributed by atoms with van der Waals surface area (Å²) in [6.45, 7) is 8.30. The fraction of sp³-hybridized carbons (Fsp3) is 0.500. The zero-order chi connectivity index (χ0) is 15.6. The van der Waals surface area contributed by atoms with Gasteiger partial charge in [0.25, 0.3) is 0 Å². The lowest BCUT2D eigenvalue weighted by molar-refractivity contribution is 0.631. The van der Waals surface area contributed by atoms with E-state index in [1.54, 1.807) is 11.8 Å². The van der Waals surface area contributed by atoms with Crippen LogP contribution in [0, 0.1) is 20.8 Å². The number of nitrogens with zero attached hydrogens (tertiary/aromatic N) is 3. The van der Waals surface area contributed by atoms with Gasteiger partial charge in [0.15, 0.2) is 0 Å². The fourth-order valence-corrected chi connectivity index (χ4v) is 3.57. The van der Waals surface area contributed by atoms with Gasteiger partial charge in [0.05, 0.1) is 5.69 Å². The molecule has 2 heterocycles. The smallest absolute Gasteiger partial charge is 0.103 e. The molecule has 0 spiro atoms. The average molecular weight is 304 g/mol. The molecule has 5 heteroatoms. The molecule has 0 aliphatic heterocycles. The molecule has 0 radical (unpaired) electrons. The van der Waals surface area contributed by atoms with E-state index in [2.05, 4.69) is 43.0 Å². The maximum absolute atomic E-state index is 6.13. The number of pyridine rings is 1. The Balaban J connectivity index is 2.34.